The smallest absolute Gasteiger partial charge is 0.255 e. The molecule has 4 heteroatoms. The van der Waals surface area contributed by atoms with E-state index >= 15 is 0 Å². The molecule has 94 valence electrons. The van der Waals surface area contributed by atoms with E-state index in [0.717, 1.165) is 16.5 Å². The summed E-state index contributed by atoms with van der Waals surface area (Å²) in [6.45, 7) is 0.639. The van der Waals surface area contributed by atoms with E-state index in [0.29, 0.717) is 17.6 Å². The van der Waals surface area contributed by atoms with Gasteiger partial charge in [-0.1, -0.05) is 23.7 Å². The molecule has 1 aliphatic carbocycles. The van der Waals surface area contributed by atoms with Crippen LogP contribution in [0.1, 0.15) is 18.4 Å². The molecule has 0 atom stereocenters. The van der Waals surface area contributed by atoms with Crippen LogP contribution in [0, 0.1) is 0 Å². The summed E-state index contributed by atoms with van der Waals surface area (Å²) in [5.41, 5.74) is 1.64. The number of nitrogens with one attached hydrogen (secondary N) is 1. The van der Waals surface area contributed by atoms with Gasteiger partial charge in [-0.05, 0) is 25.0 Å². The molecule has 1 aromatic carbocycles. The first kappa shape index (κ1) is 11.8. The molecule has 3 rings (SSSR count). The van der Waals surface area contributed by atoms with Crippen molar-refractivity contribution < 1.29 is 0 Å². The Morgan fingerprint density at radius 1 is 1.44 bits per heavy atom. The van der Waals surface area contributed by atoms with E-state index in [4.69, 9.17) is 11.6 Å². The van der Waals surface area contributed by atoms with E-state index in [1.54, 1.807) is 11.6 Å². The van der Waals surface area contributed by atoms with Gasteiger partial charge in [0.15, 0.2) is 0 Å². The summed E-state index contributed by atoms with van der Waals surface area (Å²) in [6, 6.07) is 8.25. The summed E-state index contributed by atoms with van der Waals surface area (Å²) in [7, 11) is 1.77. The van der Waals surface area contributed by atoms with Gasteiger partial charge in [0.2, 0.25) is 0 Å². The van der Waals surface area contributed by atoms with E-state index in [-0.39, 0.29) is 5.56 Å². The second-order valence-electron chi connectivity index (χ2n) is 4.87. The summed E-state index contributed by atoms with van der Waals surface area (Å²) in [4.78, 5) is 12.2. The van der Waals surface area contributed by atoms with Crippen LogP contribution in [0.2, 0.25) is 5.02 Å². The Labute approximate surface area is 110 Å². The molecule has 0 bridgehead atoms. The first-order chi connectivity index (χ1) is 8.66. The molecule has 2 aromatic rings. The van der Waals surface area contributed by atoms with Crippen LogP contribution in [-0.2, 0) is 13.6 Å². The standard InChI is InChI=1S/C14H15ClN2O/c1-17-13-9(3-2-4-12(13)15)7-10(14(17)18)8-16-11-5-6-11/h2-4,7,11,16H,5-6,8H2,1H3. The average Bonchev–Trinajstić information content (AvgIpc) is 3.16. The molecule has 1 heterocycles. The highest BCUT2D eigenvalue weighted by Gasteiger charge is 2.20. The van der Waals surface area contributed by atoms with Crippen molar-refractivity contribution in [3.8, 4) is 0 Å². The van der Waals surface area contributed by atoms with Crippen LogP contribution < -0.4 is 10.9 Å². The van der Waals surface area contributed by atoms with E-state index < -0.39 is 0 Å². The minimum Gasteiger partial charge on any atom is -0.310 e. The van der Waals surface area contributed by atoms with E-state index in [2.05, 4.69) is 5.32 Å². The lowest BCUT2D eigenvalue weighted by molar-refractivity contribution is 0.677. The molecule has 0 spiro atoms. The monoisotopic (exact) mass is 262 g/mol. The zero-order valence-corrected chi connectivity index (χ0v) is 11.0. The molecular weight excluding hydrogens is 248 g/mol. The van der Waals surface area contributed by atoms with Gasteiger partial charge in [0, 0.05) is 30.6 Å². The number of hydrogen-bond acceptors (Lipinski definition) is 2. The summed E-state index contributed by atoms with van der Waals surface area (Å²) in [6.07, 6.45) is 2.44. The number of hydrogen-bond donors (Lipinski definition) is 1. The van der Waals surface area contributed by atoms with Gasteiger partial charge in [0.05, 0.1) is 10.5 Å². The zero-order chi connectivity index (χ0) is 12.7. The van der Waals surface area contributed by atoms with Gasteiger partial charge in [0.25, 0.3) is 5.56 Å². The highest BCUT2D eigenvalue weighted by Crippen LogP contribution is 2.23. The van der Waals surface area contributed by atoms with Gasteiger partial charge >= 0.3 is 0 Å². The van der Waals surface area contributed by atoms with Crippen molar-refractivity contribution in [1.82, 2.24) is 9.88 Å². The van der Waals surface area contributed by atoms with Crippen molar-refractivity contribution in [3.05, 3.63) is 45.2 Å². The van der Waals surface area contributed by atoms with Crippen LogP contribution in [0.5, 0.6) is 0 Å². The molecule has 1 N–H and O–H groups in total. The molecule has 1 aromatic heterocycles. The second kappa shape index (κ2) is 4.41. The van der Waals surface area contributed by atoms with E-state index in [9.17, 15) is 4.79 Å². The van der Waals surface area contributed by atoms with Crippen LogP contribution in [0.25, 0.3) is 10.9 Å². The van der Waals surface area contributed by atoms with Gasteiger partial charge in [-0.2, -0.15) is 0 Å². The Morgan fingerprint density at radius 2 is 2.22 bits per heavy atom. The fourth-order valence-electron chi connectivity index (χ4n) is 2.24. The minimum atomic E-state index is 0.0312. The molecule has 3 nitrogen and oxygen atoms in total. The Bertz CT molecular complexity index is 659. The third kappa shape index (κ3) is 2.04. The number of fused-ring (bicyclic) bond motifs is 1. The van der Waals surface area contributed by atoms with Gasteiger partial charge in [-0.15, -0.1) is 0 Å². The Balaban J connectivity index is 2.10. The fraction of sp³-hybridized carbons (Fsp3) is 0.357. The number of aromatic nitrogens is 1. The molecule has 0 aliphatic heterocycles. The third-order valence-corrected chi connectivity index (χ3v) is 3.73. The quantitative estimate of drug-likeness (QED) is 0.922. The minimum absolute atomic E-state index is 0.0312. The molecule has 0 amide bonds. The summed E-state index contributed by atoms with van der Waals surface area (Å²) in [5, 5.41) is 5.00. The number of para-hydroxylation sites is 1. The highest BCUT2D eigenvalue weighted by atomic mass is 35.5. The predicted molar refractivity (Wildman–Crippen MR) is 74.1 cm³/mol. The summed E-state index contributed by atoms with van der Waals surface area (Å²) >= 11 is 6.15. The summed E-state index contributed by atoms with van der Waals surface area (Å²) < 4.78 is 1.64. The molecular formula is C14H15ClN2O. The molecule has 0 unspecified atom stereocenters. The Kier molecular flexibility index (Phi) is 2.88. The van der Waals surface area contributed by atoms with Crippen molar-refractivity contribution in [1.29, 1.82) is 0 Å². The van der Waals surface area contributed by atoms with Crippen LogP contribution in [0.15, 0.2) is 29.1 Å². The van der Waals surface area contributed by atoms with Gasteiger partial charge in [-0.3, -0.25) is 4.79 Å². The maximum Gasteiger partial charge on any atom is 0.255 e. The summed E-state index contributed by atoms with van der Waals surface area (Å²) in [5.74, 6) is 0. The van der Waals surface area contributed by atoms with Gasteiger partial charge in [-0.25, -0.2) is 0 Å². The molecule has 0 radical (unpaired) electrons. The lowest BCUT2D eigenvalue weighted by Crippen LogP contribution is -2.26. The average molecular weight is 263 g/mol. The van der Waals surface area contributed by atoms with Crippen LogP contribution in [-0.4, -0.2) is 10.6 Å². The van der Waals surface area contributed by atoms with Gasteiger partial charge in [0.1, 0.15) is 0 Å². The van der Waals surface area contributed by atoms with Crippen molar-refractivity contribution in [2.45, 2.75) is 25.4 Å². The maximum atomic E-state index is 12.2. The largest absolute Gasteiger partial charge is 0.310 e. The second-order valence-corrected chi connectivity index (χ2v) is 5.27. The molecule has 1 aliphatic rings. The number of benzene rings is 1. The number of nitrogens with zero attached hydrogens (tertiary/aromatic N) is 1. The SMILES string of the molecule is Cn1c(=O)c(CNC2CC2)cc2cccc(Cl)c21. The maximum absolute atomic E-state index is 12.2. The van der Waals surface area contributed by atoms with Crippen molar-refractivity contribution in [2.24, 2.45) is 7.05 Å². The number of halogens is 1. The first-order valence-electron chi connectivity index (χ1n) is 6.17. The Hall–Kier alpha value is -1.32. The van der Waals surface area contributed by atoms with Crippen LogP contribution in [0.4, 0.5) is 0 Å². The molecule has 0 saturated heterocycles. The van der Waals surface area contributed by atoms with E-state index in [1.165, 1.54) is 12.8 Å². The van der Waals surface area contributed by atoms with Crippen LogP contribution in [0.3, 0.4) is 0 Å². The lowest BCUT2D eigenvalue weighted by Gasteiger charge is -2.10. The number of pyridine rings is 1. The molecule has 18 heavy (non-hydrogen) atoms. The third-order valence-electron chi connectivity index (χ3n) is 3.42. The predicted octanol–water partition coefficient (Wildman–Crippen LogP) is 2.44. The lowest BCUT2D eigenvalue weighted by atomic mass is 10.1. The highest BCUT2D eigenvalue weighted by molar-refractivity contribution is 6.35. The van der Waals surface area contributed by atoms with Crippen LogP contribution >= 0.6 is 11.6 Å². The van der Waals surface area contributed by atoms with Crippen molar-refractivity contribution >= 4 is 22.5 Å². The van der Waals surface area contributed by atoms with Crippen molar-refractivity contribution in [2.75, 3.05) is 0 Å². The van der Waals surface area contributed by atoms with Gasteiger partial charge < -0.3 is 9.88 Å². The molecule has 1 saturated carbocycles. The fourth-order valence-corrected chi connectivity index (χ4v) is 2.55. The topological polar surface area (TPSA) is 34.0 Å². The normalized spacial score (nSPS) is 15.2. The van der Waals surface area contributed by atoms with E-state index in [1.807, 2.05) is 24.3 Å². The zero-order valence-electron chi connectivity index (χ0n) is 10.2. The van der Waals surface area contributed by atoms with Crippen molar-refractivity contribution in [3.63, 3.8) is 0 Å². The Morgan fingerprint density at radius 3 is 2.94 bits per heavy atom. The first-order valence-corrected chi connectivity index (χ1v) is 6.55. The number of rotatable bonds is 3. The number of aryl methyl sites for hydroxylation is 1. The molecule has 1 fully saturated rings.